The lowest BCUT2D eigenvalue weighted by molar-refractivity contribution is 0.208. The van der Waals surface area contributed by atoms with Crippen LogP contribution in [0.15, 0.2) is 42.5 Å². The highest BCUT2D eigenvalue weighted by molar-refractivity contribution is 6.31. The Balaban J connectivity index is 1.62. The molecule has 1 aliphatic heterocycles. The van der Waals surface area contributed by atoms with E-state index in [-0.39, 0.29) is 6.03 Å². The number of nitrogens with one attached hydrogen (secondary N) is 1. The second kappa shape index (κ2) is 7.98. The zero-order chi connectivity index (χ0) is 18.5. The molecule has 0 aromatic heterocycles. The van der Waals surface area contributed by atoms with Crippen LogP contribution in [-0.4, -0.2) is 44.2 Å². The maximum Gasteiger partial charge on any atom is 0.322 e. The van der Waals surface area contributed by atoms with Crippen LogP contribution in [0.4, 0.5) is 16.2 Å². The van der Waals surface area contributed by atoms with Crippen LogP contribution in [0.5, 0.6) is 5.75 Å². The Labute approximate surface area is 157 Å². The third kappa shape index (κ3) is 4.01. The number of hydrogen-bond acceptors (Lipinski definition) is 4. The van der Waals surface area contributed by atoms with Crippen molar-refractivity contribution in [1.29, 1.82) is 5.26 Å². The summed E-state index contributed by atoms with van der Waals surface area (Å²) in [6.45, 7) is 2.58. The molecule has 0 atom stereocenters. The van der Waals surface area contributed by atoms with E-state index in [0.29, 0.717) is 48.2 Å². The minimum atomic E-state index is -0.184. The fourth-order valence-corrected chi connectivity index (χ4v) is 3.08. The van der Waals surface area contributed by atoms with E-state index in [1.807, 2.05) is 18.2 Å². The predicted molar refractivity (Wildman–Crippen MR) is 102 cm³/mol. The lowest BCUT2D eigenvalue weighted by Gasteiger charge is -2.36. The lowest BCUT2D eigenvalue weighted by atomic mass is 10.2. The summed E-state index contributed by atoms with van der Waals surface area (Å²) in [6.07, 6.45) is 0. The monoisotopic (exact) mass is 370 g/mol. The van der Waals surface area contributed by atoms with Gasteiger partial charge in [0.1, 0.15) is 5.75 Å². The first kappa shape index (κ1) is 17.9. The van der Waals surface area contributed by atoms with Crippen molar-refractivity contribution in [3.63, 3.8) is 0 Å². The molecule has 0 saturated carbocycles. The number of nitriles is 1. The Hall–Kier alpha value is -2.91. The lowest BCUT2D eigenvalue weighted by Crippen LogP contribution is -2.50. The quantitative estimate of drug-likeness (QED) is 0.896. The molecule has 0 unspecified atom stereocenters. The van der Waals surface area contributed by atoms with Crippen LogP contribution in [-0.2, 0) is 0 Å². The SMILES string of the molecule is COc1ccc(Cl)cc1NC(=O)N1CCN(c2cccc(C#N)c2)CC1. The van der Waals surface area contributed by atoms with E-state index in [2.05, 4.69) is 16.3 Å². The topological polar surface area (TPSA) is 68.6 Å². The summed E-state index contributed by atoms with van der Waals surface area (Å²) >= 11 is 6.00. The van der Waals surface area contributed by atoms with E-state index in [1.54, 1.807) is 36.3 Å². The van der Waals surface area contributed by atoms with E-state index in [4.69, 9.17) is 21.6 Å². The first-order chi connectivity index (χ1) is 12.6. The Morgan fingerprint density at radius 3 is 2.65 bits per heavy atom. The average molecular weight is 371 g/mol. The minimum Gasteiger partial charge on any atom is -0.495 e. The van der Waals surface area contributed by atoms with Crippen molar-refractivity contribution in [3.8, 4) is 11.8 Å². The number of nitrogens with zero attached hydrogens (tertiary/aromatic N) is 3. The summed E-state index contributed by atoms with van der Waals surface area (Å²) in [7, 11) is 1.55. The van der Waals surface area contributed by atoms with Gasteiger partial charge in [-0.15, -0.1) is 0 Å². The number of piperazine rings is 1. The molecule has 1 fully saturated rings. The third-order valence-corrected chi connectivity index (χ3v) is 4.55. The molecule has 0 aliphatic carbocycles. The standard InChI is InChI=1S/C19H19ClN4O2/c1-26-18-6-5-15(20)12-17(18)22-19(25)24-9-7-23(8-10-24)16-4-2-3-14(11-16)13-21/h2-6,11-12H,7-10H2,1H3,(H,22,25). The number of urea groups is 1. The summed E-state index contributed by atoms with van der Waals surface area (Å²) in [5, 5.41) is 12.4. The molecule has 0 radical (unpaired) electrons. The molecule has 1 saturated heterocycles. The normalized spacial score (nSPS) is 13.9. The molecule has 134 valence electrons. The van der Waals surface area contributed by atoms with E-state index in [1.165, 1.54) is 0 Å². The van der Waals surface area contributed by atoms with Crippen molar-refractivity contribution in [3.05, 3.63) is 53.1 Å². The number of ether oxygens (including phenoxy) is 1. The highest BCUT2D eigenvalue weighted by atomic mass is 35.5. The van der Waals surface area contributed by atoms with Gasteiger partial charge in [-0.2, -0.15) is 5.26 Å². The van der Waals surface area contributed by atoms with Crippen molar-refractivity contribution in [2.75, 3.05) is 43.5 Å². The highest BCUT2D eigenvalue weighted by Crippen LogP contribution is 2.28. The zero-order valence-electron chi connectivity index (χ0n) is 14.4. The van der Waals surface area contributed by atoms with Gasteiger partial charge in [0.05, 0.1) is 24.4 Å². The molecule has 1 heterocycles. The van der Waals surface area contributed by atoms with Crippen LogP contribution < -0.4 is 15.0 Å². The van der Waals surface area contributed by atoms with E-state index in [0.717, 1.165) is 5.69 Å². The van der Waals surface area contributed by atoms with E-state index >= 15 is 0 Å². The molecule has 6 nitrogen and oxygen atoms in total. The molecule has 3 rings (SSSR count). The predicted octanol–water partition coefficient (Wildman–Crippen LogP) is 3.57. The number of carbonyl (C=O) groups excluding carboxylic acids is 1. The second-order valence-electron chi connectivity index (χ2n) is 5.91. The van der Waals surface area contributed by atoms with Gasteiger partial charge in [0.15, 0.2) is 0 Å². The molecular weight excluding hydrogens is 352 g/mol. The van der Waals surface area contributed by atoms with Gasteiger partial charge in [-0.05, 0) is 36.4 Å². The molecule has 0 bridgehead atoms. The maximum atomic E-state index is 12.5. The van der Waals surface area contributed by atoms with Crippen LogP contribution >= 0.6 is 11.6 Å². The van der Waals surface area contributed by atoms with Crippen LogP contribution in [0.2, 0.25) is 5.02 Å². The zero-order valence-corrected chi connectivity index (χ0v) is 15.2. The van der Waals surface area contributed by atoms with Gasteiger partial charge in [-0.3, -0.25) is 0 Å². The molecular formula is C19H19ClN4O2. The van der Waals surface area contributed by atoms with Crippen molar-refractivity contribution < 1.29 is 9.53 Å². The summed E-state index contributed by atoms with van der Waals surface area (Å²) in [4.78, 5) is 16.5. The number of anilines is 2. The number of amides is 2. The van der Waals surface area contributed by atoms with Gasteiger partial charge >= 0.3 is 6.03 Å². The first-order valence-electron chi connectivity index (χ1n) is 8.25. The molecule has 26 heavy (non-hydrogen) atoms. The Kier molecular flexibility index (Phi) is 5.49. The fourth-order valence-electron chi connectivity index (χ4n) is 2.91. The number of carbonyl (C=O) groups is 1. The van der Waals surface area contributed by atoms with Crippen LogP contribution in [0.1, 0.15) is 5.56 Å². The average Bonchev–Trinajstić information content (AvgIpc) is 2.68. The molecule has 1 aliphatic rings. The van der Waals surface area contributed by atoms with Crippen LogP contribution in [0, 0.1) is 11.3 Å². The van der Waals surface area contributed by atoms with Crippen molar-refractivity contribution in [2.45, 2.75) is 0 Å². The molecule has 2 aromatic carbocycles. The minimum absolute atomic E-state index is 0.184. The molecule has 1 N–H and O–H groups in total. The highest BCUT2D eigenvalue weighted by Gasteiger charge is 2.22. The summed E-state index contributed by atoms with van der Waals surface area (Å²) in [5.41, 5.74) is 2.19. The molecule has 2 amide bonds. The molecule has 2 aromatic rings. The Morgan fingerprint density at radius 2 is 1.96 bits per heavy atom. The van der Waals surface area contributed by atoms with Gasteiger partial charge in [-0.1, -0.05) is 17.7 Å². The van der Waals surface area contributed by atoms with Crippen molar-refractivity contribution in [1.82, 2.24) is 4.90 Å². The Morgan fingerprint density at radius 1 is 1.19 bits per heavy atom. The number of benzene rings is 2. The van der Waals surface area contributed by atoms with E-state index in [9.17, 15) is 4.79 Å². The summed E-state index contributed by atoms with van der Waals surface area (Å²) in [6, 6.07) is 14.6. The number of rotatable bonds is 3. The number of methoxy groups -OCH3 is 1. The van der Waals surface area contributed by atoms with Crippen molar-refractivity contribution in [2.24, 2.45) is 0 Å². The van der Waals surface area contributed by atoms with Gasteiger partial charge in [-0.25, -0.2) is 4.79 Å². The number of hydrogen-bond donors (Lipinski definition) is 1. The van der Waals surface area contributed by atoms with Crippen LogP contribution in [0.25, 0.3) is 0 Å². The smallest absolute Gasteiger partial charge is 0.322 e. The van der Waals surface area contributed by atoms with Gasteiger partial charge in [0.25, 0.3) is 0 Å². The maximum absolute atomic E-state index is 12.5. The third-order valence-electron chi connectivity index (χ3n) is 4.31. The van der Waals surface area contributed by atoms with Gasteiger partial charge in [0, 0.05) is 36.9 Å². The first-order valence-corrected chi connectivity index (χ1v) is 8.63. The summed E-state index contributed by atoms with van der Waals surface area (Å²) < 4.78 is 5.26. The van der Waals surface area contributed by atoms with Crippen molar-refractivity contribution >= 4 is 29.0 Å². The van der Waals surface area contributed by atoms with E-state index < -0.39 is 0 Å². The van der Waals surface area contributed by atoms with Gasteiger partial charge < -0.3 is 19.9 Å². The Bertz CT molecular complexity index is 842. The number of halogens is 1. The summed E-state index contributed by atoms with van der Waals surface area (Å²) in [5.74, 6) is 0.565. The second-order valence-corrected chi connectivity index (χ2v) is 6.35. The molecule has 7 heteroatoms. The molecule has 0 spiro atoms. The fraction of sp³-hybridized carbons (Fsp3) is 0.263. The van der Waals surface area contributed by atoms with Crippen LogP contribution in [0.3, 0.4) is 0 Å². The van der Waals surface area contributed by atoms with Gasteiger partial charge in [0.2, 0.25) is 0 Å². The largest absolute Gasteiger partial charge is 0.495 e.